The summed E-state index contributed by atoms with van der Waals surface area (Å²) in [6, 6.07) is 4.42. The number of hydrogen-bond acceptors (Lipinski definition) is 6. The number of ether oxygens (including phenoxy) is 1. The quantitative estimate of drug-likeness (QED) is 0.752. The predicted molar refractivity (Wildman–Crippen MR) is 97.8 cm³/mol. The Hall–Kier alpha value is -2.30. The van der Waals surface area contributed by atoms with Crippen LogP contribution in [0.2, 0.25) is 0 Å². The Kier molecular flexibility index (Phi) is 7.05. The lowest BCUT2D eigenvalue weighted by atomic mass is 10.1. The van der Waals surface area contributed by atoms with Gasteiger partial charge in [-0.3, -0.25) is 4.79 Å². The number of halogens is 1. The average Bonchev–Trinajstić information content (AvgIpc) is 2.87. The fraction of sp³-hybridized carbons (Fsp3) is 0.412. The zero-order valence-corrected chi connectivity index (χ0v) is 15.9. The highest BCUT2D eigenvalue weighted by molar-refractivity contribution is 7.89. The molecule has 0 bridgehead atoms. The second-order valence-electron chi connectivity index (χ2n) is 5.92. The molecular weight excluding hydrogens is 377 g/mol. The summed E-state index contributed by atoms with van der Waals surface area (Å²) in [5, 5.41) is 10.5. The van der Waals surface area contributed by atoms with E-state index < -0.39 is 15.8 Å². The van der Waals surface area contributed by atoms with E-state index in [-0.39, 0.29) is 28.7 Å². The molecule has 0 radical (unpaired) electrons. The minimum absolute atomic E-state index is 0.0220. The molecule has 1 aromatic carbocycles. The van der Waals surface area contributed by atoms with Crippen molar-refractivity contribution >= 4 is 27.3 Å². The maximum absolute atomic E-state index is 14.4. The van der Waals surface area contributed by atoms with Crippen molar-refractivity contribution in [3.63, 3.8) is 0 Å². The van der Waals surface area contributed by atoms with Gasteiger partial charge in [-0.25, -0.2) is 17.8 Å². The largest absolute Gasteiger partial charge is 0.483 e. The summed E-state index contributed by atoms with van der Waals surface area (Å²) in [4.78, 5) is 12.2. The molecule has 1 saturated heterocycles. The maximum atomic E-state index is 14.4. The molecule has 8 nitrogen and oxygen atoms in total. The van der Waals surface area contributed by atoms with Gasteiger partial charge in [0.25, 0.3) is 6.47 Å². The molecule has 27 heavy (non-hydrogen) atoms. The number of fused-ring (bicyclic) bond motifs is 1. The highest BCUT2D eigenvalue weighted by Crippen LogP contribution is 2.32. The van der Waals surface area contributed by atoms with Crippen LogP contribution in [-0.2, 0) is 14.8 Å². The number of nitrogens with zero attached hydrogens (tertiary/aromatic N) is 2. The van der Waals surface area contributed by atoms with Crippen LogP contribution in [0.5, 0.6) is 5.88 Å². The molecule has 1 aliphatic heterocycles. The van der Waals surface area contributed by atoms with Crippen LogP contribution < -0.4 is 10.1 Å². The van der Waals surface area contributed by atoms with Crippen LogP contribution >= 0.6 is 0 Å². The lowest BCUT2D eigenvalue weighted by Gasteiger charge is -2.26. The fourth-order valence-electron chi connectivity index (χ4n) is 3.06. The molecule has 1 fully saturated rings. The molecular formula is C17H22FN3O5S. The highest BCUT2D eigenvalue weighted by atomic mass is 32.2. The molecule has 0 spiro atoms. The van der Waals surface area contributed by atoms with Gasteiger partial charge in [-0.2, -0.15) is 4.31 Å². The first-order chi connectivity index (χ1) is 12.9. The first-order valence-electron chi connectivity index (χ1n) is 8.30. The van der Waals surface area contributed by atoms with E-state index in [9.17, 15) is 12.8 Å². The summed E-state index contributed by atoms with van der Waals surface area (Å²) in [7, 11) is -2.42. The number of sulfonamides is 1. The molecule has 0 saturated carbocycles. The summed E-state index contributed by atoms with van der Waals surface area (Å²) in [6.07, 6.45) is 1.70. The summed E-state index contributed by atoms with van der Waals surface area (Å²) >= 11 is 0. The van der Waals surface area contributed by atoms with Gasteiger partial charge in [-0.15, -0.1) is 0 Å². The van der Waals surface area contributed by atoms with Crippen molar-refractivity contribution < 1.29 is 27.4 Å². The topological polar surface area (TPSA) is 109 Å². The SMILES string of the molecule is COc1ncc(F)c2c(S(=O)(=O)N3CCCNCC3C)cccc12.O=CO. The minimum atomic E-state index is -3.84. The lowest BCUT2D eigenvalue weighted by Crippen LogP contribution is -2.41. The Labute approximate surface area is 157 Å². The van der Waals surface area contributed by atoms with E-state index in [1.54, 1.807) is 12.1 Å². The molecule has 2 aromatic rings. The average molecular weight is 399 g/mol. The summed E-state index contributed by atoms with van der Waals surface area (Å²) < 4.78 is 47.4. The first-order valence-corrected chi connectivity index (χ1v) is 9.74. The van der Waals surface area contributed by atoms with Gasteiger partial charge in [0.2, 0.25) is 15.9 Å². The monoisotopic (exact) mass is 399 g/mol. The minimum Gasteiger partial charge on any atom is -0.483 e. The van der Waals surface area contributed by atoms with Crippen LogP contribution in [0.3, 0.4) is 0 Å². The summed E-state index contributed by atoms with van der Waals surface area (Å²) in [5.41, 5.74) is 0. The van der Waals surface area contributed by atoms with Crippen molar-refractivity contribution in [1.29, 1.82) is 0 Å². The van der Waals surface area contributed by atoms with Gasteiger partial charge in [0.1, 0.15) is 0 Å². The van der Waals surface area contributed by atoms with E-state index in [1.807, 2.05) is 6.92 Å². The maximum Gasteiger partial charge on any atom is 0.290 e. The van der Waals surface area contributed by atoms with E-state index in [1.165, 1.54) is 17.5 Å². The summed E-state index contributed by atoms with van der Waals surface area (Å²) in [6.45, 7) is 3.32. The second-order valence-corrected chi connectivity index (χ2v) is 7.78. The standard InChI is InChI=1S/C16H20FN3O3S.CH2O2/c1-11-9-18-7-4-8-20(11)24(21,22)14-6-3-5-12-15(14)13(17)10-19-16(12)23-2;2-1-3/h3,5-6,10-11,18H,4,7-9H2,1-2H3;1H,(H,2,3). The zero-order valence-electron chi connectivity index (χ0n) is 15.1. The molecule has 0 amide bonds. The van der Waals surface area contributed by atoms with Crippen LogP contribution in [0, 0.1) is 5.82 Å². The van der Waals surface area contributed by atoms with Crippen molar-refractivity contribution in [2.75, 3.05) is 26.7 Å². The van der Waals surface area contributed by atoms with E-state index in [0.29, 0.717) is 24.9 Å². The number of benzene rings is 1. The molecule has 1 aliphatic rings. The molecule has 1 aromatic heterocycles. The number of nitrogens with one attached hydrogen (secondary N) is 1. The van der Waals surface area contributed by atoms with E-state index in [0.717, 1.165) is 12.7 Å². The molecule has 2 N–H and O–H groups in total. The van der Waals surface area contributed by atoms with E-state index in [2.05, 4.69) is 10.3 Å². The number of aromatic nitrogens is 1. The number of methoxy groups -OCH3 is 1. The Balaban J connectivity index is 0.000000817. The fourth-order valence-corrected chi connectivity index (χ4v) is 4.95. The smallest absolute Gasteiger partial charge is 0.290 e. The molecule has 10 heteroatoms. The van der Waals surface area contributed by atoms with Crippen molar-refractivity contribution in [2.24, 2.45) is 0 Å². The van der Waals surface area contributed by atoms with Crippen LogP contribution in [0.1, 0.15) is 13.3 Å². The number of carboxylic acid groups (broad SMARTS) is 1. The molecule has 2 heterocycles. The van der Waals surface area contributed by atoms with E-state index in [4.69, 9.17) is 14.6 Å². The Morgan fingerprint density at radius 3 is 2.81 bits per heavy atom. The van der Waals surface area contributed by atoms with Gasteiger partial charge >= 0.3 is 0 Å². The van der Waals surface area contributed by atoms with Crippen molar-refractivity contribution in [3.8, 4) is 5.88 Å². The number of pyridine rings is 1. The van der Waals surface area contributed by atoms with Crippen LogP contribution in [0.25, 0.3) is 10.8 Å². The predicted octanol–water partition coefficient (Wildman–Crippen LogP) is 1.46. The highest BCUT2D eigenvalue weighted by Gasteiger charge is 2.32. The molecule has 3 rings (SSSR count). The third-order valence-electron chi connectivity index (χ3n) is 4.23. The Morgan fingerprint density at radius 2 is 2.15 bits per heavy atom. The first kappa shape index (κ1) is 21.0. The Morgan fingerprint density at radius 1 is 1.44 bits per heavy atom. The van der Waals surface area contributed by atoms with Crippen LogP contribution in [0.4, 0.5) is 4.39 Å². The van der Waals surface area contributed by atoms with Crippen molar-refractivity contribution in [2.45, 2.75) is 24.3 Å². The zero-order chi connectivity index (χ0) is 20.0. The number of hydrogen-bond donors (Lipinski definition) is 2. The van der Waals surface area contributed by atoms with Crippen LogP contribution in [-0.4, -0.2) is 62.1 Å². The number of carbonyl (C=O) groups is 1. The molecule has 1 atom stereocenters. The second kappa shape index (κ2) is 9.07. The van der Waals surface area contributed by atoms with Gasteiger partial charge in [0, 0.05) is 29.9 Å². The molecule has 0 aliphatic carbocycles. The normalized spacial score (nSPS) is 18.3. The van der Waals surface area contributed by atoms with Gasteiger partial charge in [-0.05, 0) is 32.0 Å². The summed E-state index contributed by atoms with van der Waals surface area (Å²) in [5.74, 6) is -0.473. The number of rotatable bonds is 3. The third-order valence-corrected chi connectivity index (χ3v) is 6.29. The van der Waals surface area contributed by atoms with Crippen molar-refractivity contribution in [3.05, 3.63) is 30.2 Å². The van der Waals surface area contributed by atoms with Crippen LogP contribution in [0.15, 0.2) is 29.3 Å². The van der Waals surface area contributed by atoms with Crippen molar-refractivity contribution in [1.82, 2.24) is 14.6 Å². The molecule has 148 valence electrons. The van der Waals surface area contributed by atoms with Gasteiger partial charge in [0.15, 0.2) is 5.82 Å². The Bertz CT molecular complexity index is 907. The van der Waals surface area contributed by atoms with Gasteiger partial charge < -0.3 is 15.2 Å². The third kappa shape index (κ3) is 4.34. The van der Waals surface area contributed by atoms with Gasteiger partial charge in [0.05, 0.1) is 18.2 Å². The lowest BCUT2D eigenvalue weighted by molar-refractivity contribution is -0.122. The van der Waals surface area contributed by atoms with Gasteiger partial charge in [-0.1, -0.05) is 6.07 Å². The molecule has 1 unspecified atom stereocenters. The van der Waals surface area contributed by atoms with E-state index >= 15 is 0 Å².